The van der Waals surface area contributed by atoms with Crippen LogP contribution in [0.25, 0.3) is 5.52 Å². The number of imidazole rings is 1. The molecule has 0 atom stereocenters. The number of rotatable bonds is 6. The summed E-state index contributed by atoms with van der Waals surface area (Å²) in [7, 11) is 2.06. The number of aromatic nitrogens is 2. The second kappa shape index (κ2) is 8.52. The maximum atomic E-state index is 13.1. The lowest BCUT2D eigenvalue weighted by Crippen LogP contribution is -2.47. The van der Waals surface area contributed by atoms with Crippen LogP contribution in [0.5, 0.6) is 0 Å². The minimum Gasteiger partial charge on any atom is -0.336 e. The Morgan fingerprint density at radius 3 is 2.37 bits per heavy atom. The third-order valence-electron chi connectivity index (χ3n) is 5.01. The predicted octanol–water partition coefficient (Wildman–Crippen LogP) is 1.98. The predicted molar refractivity (Wildman–Crippen MR) is 105 cm³/mol. The summed E-state index contributed by atoms with van der Waals surface area (Å²) < 4.78 is 1.75. The van der Waals surface area contributed by atoms with Crippen LogP contribution in [0, 0.1) is 0 Å². The van der Waals surface area contributed by atoms with E-state index >= 15 is 0 Å². The highest BCUT2D eigenvalue weighted by molar-refractivity contribution is 6.02. The number of pyridine rings is 1. The quantitative estimate of drug-likeness (QED) is 0.779. The number of nitrogens with zero attached hydrogens (tertiary/aromatic N) is 5. The molecule has 3 rings (SSSR count). The first-order valence-electron chi connectivity index (χ1n) is 9.81. The first-order chi connectivity index (χ1) is 13.1. The maximum absolute atomic E-state index is 13.1. The highest BCUT2D eigenvalue weighted by Gasteiger charge is 2.28. The molecule has 0 N–H and O–H groups in total. The number of likely N-dealkylation sites (N-methyl/N-ethyl adjacent to an activating group) is 1. The third-order valence-corrected chi connectivity index (χ3v) is 5.01. The van der Waals surface area contributed by atoms with Crippen LogP contribution in [0.15, 0.2) is 24.4 Å². The van der Waals surface area contributed by atoms with Crippen LogP contribution in [0.4, 0.5) is 0 Å². The number of fused-ring (bicyclic) bond motifs is 1. The summed E-state index contributed by atoms with van der Waals surface area (Å²) in [5.74, 6) is 0.116. The van der Waals surface area contributed by atoms with E-state index in [4.69, 9.17) is 0 Å². The van der Waals surface area contributed by atoms with Gasteiger partial charge in [0.25, 0.3) is 11.8 Å². The average molecular weight is 371 g/mol. The second-order valence-corrected chi connectivity index (χ2v) is 7.13. The molecule has 0 aliphatic carbocycles. The second-order valence-electron chi connectivity index (χ2n) is 7.13. The fraction of sp³-hybridized carbons (Fsp3) is 0.550. The lowest BCUT2D eigenvalue weighted by molar-refractivity contribution is 0.0660. The summed E-state index contributed by atoms with van der Waals surface area (Å²) >= 11 is 0. The minimum atomic E-state index is -0.114. The zero-order valence-corrected chi connectivity index (χ0v) is 16.5. The van der Waals surface area contributed by atoms with Crippen LogP contribution in [0.2, 0.25) is 0 Å². The van der Waals surface area contributed by atoms with Gasteiger partial charge in [-0.3, -0.25) is 14.0 Å². The van der Waals surface area contributed by atoms with Gasteiger partial charge in [0, 0.05) is 45.5 Å². The molecule has 1 saturated heterocycles. The molecule has 0 spiro atoms. The summed E-state index contributed by atoms with van der Waals surface area (Å²) in [6.07, 6.45) is 3.59. The molecule has 2 amide bonds. The van der Waals surface area contributed by atoms with Gasteiger partial charge in [-0.2, -0.15) is 0 Å². The molecule has 0 aromatic carbocycles. The van der Waals surface area contributed by atoms with Crippen molar-refractivity contribution in [1.29, 1.82) is 0 Å². The monoisotopic (exact) mass is 371 g/mol. The average Bonchev–Trinajstić information content (AvgIpc) is 3.07. The van der Waals surface area contributed by atoms with Gasteiger partial charge < -0.3 is 14.7 Å². The topological polar surface area (TPSA) is 61.2 Å². The molecule has 0 radical (unpaired) electrons. The zero-order valence-electron chi connectivity index (χ0n) is 16.5. The van der Waals surface area contributed by atoms with Gasteiger partial charge in [0.05, 0.1) is 5.52 Å². The van der Waals surface area contributed by atoms with E-state index in [1.54, 1.807) is 4.40 Å². The molecule has 7 heteroatoms. The number of carbonyl (C=O) groups is 2. The first-order valence-corrected chi connectivity index (χ1v) is 9.81. The highest BCUT2D eigenvalue weighted by atomic mass is 16.2. The number of piperazine rings is 1. The summed E-state index contributed by atoms with van der Waals surface area (Å²) in [4.78, 5) is 36.6. The zero-order chi connectivity index (χ0) is 19.4. The Morgan fingerprint density at radius 1 is 1.07 bits per heavy atom. The molecule has 1 aliphatic rings. The van der Waals surface area contributed by atoms with Crippen LogP contribution in [-0.4, -0.2) is 82.2 Å². The Balaban J connectivity index is 1.96. The molecule has 7 nitrogen and oxygen atoms in total. The first kappa shape index (κ1) is 19.4. The van der Waals surface area contributed by atoms with Gasteiger partial charge in [0.2, 0.25) is 5.82 Å². The smallest absolute Gasteiger partial charge is 0.290 e. The SMILES string of the molecule is CCCN(CCC)C(=O)c1nc(C(=O)N2CCN(C)CC2)c2ccccn12. The van der Waals surface area contributed by atoms with Gasteiger partial charge >= 0.3 is 0 Å². The van der Waals surface area contributed by atoms with Crippen molar-refractivity contribution in [2.24, 2.45) is 0 Å². The summed E-state index contributed by atoms with van der Waals surface area (Å²) in [5.41, 5.74) is 1.06. The van der Waals surface area contributed by atoms with E-state index in [9.17, 15) is 9.59 Å². The van der Waals surface area contributed by atoms with E-state index in [-0.39, 0.29) is 11.8 Å². The Bertz CT molecular complexity index is 802. The van der Waals surface area contributed by atoms with Crippen molar-refractivity contribution in [3.05, 3.63) is 35.9 Å². The largest absolute Gasteiger partial charge is 0.336 e. The van der Waals surface area contributed by atoms with Crippen LogP contribution in [0.3, 0.4) is 0 Å². The van der Waals surface area contributed by atoms with Crippen molar-refractivity contribution in [2.75, 3.05) is 46.3 Å². The van der Waals surface area contributed by atoms with Crippen molar-refractivity contribution in [2.45, 2.75) is 26.7 Å². The molecule has 0 unspecified atom stereocenters. The van der Waals surface area contributed by atoms with E-state index in [1.165, 1.54) is 0 Å². The van der Waals surface area contributed by atoms with Gasteiger partial charge in [-0.15, -0.1) is 0 Å². The Morgan fingerprint density at radius 2 is 1.74 bits per heavy atom. The maximum Gasteiger partial charge on any atom is 0.290 e. The molecule has 2 aromatic heterocycles. The van der Waals surface area contributed by atoms with Crippen molar-refractivity contribution in [3.63, 3.8) is 0 Å². The van der Waals surface area contributed by atoms with Gasteiger partial charge in [0.1, 0.15) is 0 Å². The van der Waals surface area contributed by atoms with E-state index in [1.807, 2.05) is 34.2 Å². The molecule has 146 valence electrons. The standard InChI is InChI=1S/C20H29N5O2/c1-4-9-23(10-5-2)20(27)18-21-17(16-8-6-7-11-25(16)18)19(26)24-14-12-22(3)13-15-24/h6-8,11H,4-5,9-10,12-15H2,1-3H3. The van der Waals surface area contributed by atoms with E-state index in [0.717, 1.165) is 25.9 Å². The van der Waals surface area contributed by atoms with Crippen molar-refractivity contribution in [1.82, 2.24) is 24.1 Å². The third kappa shape index (κ3) is 3.98. The number of amides is 2. The fourth-order valence-electron chi connectivity index (χ4n) is 3.50. The normalized spacial score (nSPS) is 15.3. The number of hydrogen-bond acceptors (Lipinski definition) is 4. The van der Waals surface area contributed by atoms with Crippen molar-refractivity contribution < 1.29 is 9.59 Å². The molecule has 27 heavy (non-hydrogen) atoms. The number of carbonyl (C=O) groups excluding carboxylic acids is 2. The lowest BCUT2D eigenvalue weighted by atomic mass is 10.2. The molecule has 3 heterocycles. The van der Waals surface area contributed by atoms with Gasteiger partial charge in [-0.05, 0) is 32.0 Å². The molecule has 1 fully saturated rings. The molecule has 1 aliphatic heterocycles. The van der Waals surface area contributed by atoms with E-state index in [0.29, 0.717) is 43.2 Å². The Hall–Kier alpha value is -2.41. The van der Waals surface area contributed by atoms with Crippen LogP contribution in [-0.2, 0) is 0 Å². The molecular formula is C20H29N5O2. The number of hydrogen-bond donors (Lipinski definition) is 0. The van der Waals surface area contributed by atoms with Gasteiger partial charge in [0.15, 0.2) is 5.69 Å². The highest BCUT2D eigenvalue weighted by Crippen LogP contribution is 2.18. The molecule has 0 saturated carbocycles. The fourth-order valence-corrected chi connectivity index (χ4v) is 3.50. The van der Waals surface area contributed by atoms with Crippen molar-refractivity contribution in [3.8, 4) is 0 Å². The minimum absolute atomic E-state index is 0.0941. The van der Waals surface area contributed by atoms with Crippen LogP contribution in [0.1, 0.15) is 47.8 Å². The van der Waals surface area contributed by atoms with E-state index in [2.05, 4.69) is 30.8 Å². The van der Waals surface area contributed by atoms with Crippen LogP contribution >= 0.6 is 0 Å². The Labute approximate surface area is 160 Å². The van der Waals surface area contributed by atoms with Gasteiger partial charge in [-0.25, -0.2) is 4.98 Å². The summed E-state index contributed by atoms with van der Waals surface area (Å²) in [6.45, 7) is 8.56. The van der Waals surface area contributed by atoms with E-state index < -0.39 is 0 Å². The molecule has 2 aromatic rings. The summed E-state index contributed by atoms with van der Waals surface area (Å²) in [6, 6.07) is 5.60. The molecule has 0 bridgehead atoms. The summed E-state index contributed by atoms with van der Waals surface area (Å²) in [5, 5.41) is 0. The van der Waals surface area contributed by atoms with Gasteiger partial charge in [-0.1, -0.05) is 19.9 Å². The Kier molecular flexibility index (Phi) is 6.11. The molecular weight excluding hydrogens is 342 g/mol. The van der Waals surface area contributed by atoms with Crippen molar-refractivity contribution >= 4 is 17.3 Å². The lowest BCUT2D eigenvalue weighted by Gasteiger charge is -2.32. The van der Waals surface area contributed by atoms with Crippen LogP contribution < -0.4 is 0 Å².